The molecule has 0 spiro atoms. The summed E-state index contributed by atoms with van der Waals surface area (Å²) in [6.07, 6.45) is 1.20. The molecule has 92 valence electrons. The second-order valence-corrected chi connectivity index (χ2v) is 3.98. The zero-order valence-electron chi connectivity index (χ0n) is 9.94. The molecule has 1 atom stereocenters. The van der Waals surface area contributed by atoms with Gasteiger partial charge in [-0.1, -0.05) is 6.07 Å². The third-order valence-corrected chi connectivity index (χ3v) is 2.66. The summed E-state index contributed by atoms with van der Waals surface area (Å²) in [6, 6.07) is 7.14. The van der Waals surface area contributed by atoms with E-state index in [1.165, 1.54) is 0 Å². The molecule has 0 aliphatic carbocycles. The van der Waals surface area contributed by atoms with E-state index in [0.29, 0.717) is 12.2 Å². The van der Waals surface area contributed by atoms with Crippen LogP contribution < -0.4 is 10.1 Å². The summed E-state index contributed by atoms with van der Waals surface area (Å²) >= 11 is 0. The Balaban J connectivity index is 2.02. The molecular formula is C13H17NO3. The van der Waals surface area contributed by atoms with Crippen LogP contribution in [-0.2, 0) is 4.74 Å². The third kappa shape index (κ3) is 3.20. The summed E-state index contributed by atoms with van der Waals surface area (Å²) in [6.45, 7) is 4.03. The molecule has 17 heavy (non-hydrogen) atoms. The van der Waals surface area contributed by atoms with E-state index in [2.05, 4.69) is 5.32 Å². The number of carbonyl (C=O) groups excluding carboxylic acids is 1. The Kier molecular flexibility index (Phi) is 3.98. The Bertz CT molecular complexity index is 386. The van der Waals surface area contributed by atoms with Gasteiger partial charge in [0.1, 0.15) is 11.9 Å². The first kappa shape index (κ1) is 11.9. The molecule has 1 unspecified atom stereocenters. The first-order chi connectivity index (χ1) is 8.29. The second-order valence-electron chi connectivity index (χ2n) is 3.98. The van der Waals surface area contributed by atoms with Gasteiger partial charge >= 0.3 is 5.97 Å². The largest absolute Gasteiger partial charge is 0.489 e. The predicted octanol–water partition coefficient (Wildman–Crippen LogP) is 1.60. The van der Waals surface area contributed by atoms with Gasteiger partial charge in [-0.3, -0.25) is 0 Å². The Morgan fingerprint density at radius 3 is 3.12 bits per heavy atom. The van der Waals surface area contributed by atoms with Crippen LogP contribution in [0.25, 0.3) is 0 Å². The van der Waals surface area contributed by atoms with Gasteiger partial charge in [0, 0.05) is 6.54 Å². The number of ether oxygens (including phenoxy) is 2. The molecule has 0 bridgehead atoms. The van der Waals surface area contributed by atoms with Crippen LogP contribution in [0.15, 0.2) is 24.3 Å². The minimum atomic E-state index is -0.303. The van der Waals surface area contributed by atoms with E-state index in [1.807, 2.05) is 12.1 Å². The van der Waals surface area contributed by atoms with Crippen LogP contribution in [0.1, 0.15) is 23.7 Å². The summed E-state index contributed by atoms with van der Waals surface area (Å²) in [5.41, 5.74) is 0.537. The highest BCUT2D eigenvalue weighted by Crippen LogP contribution is 2.17. The third-order valence-electron chi connectivity index (χ3n) is 2.66. The molecule has 4 heteroatoms. The van der Waals surface area contributed by atoms with Crippen molar-refractivity contribution in [3.8, 4) is 5.75 Å². The number of nitrogens with one attached hydrogen (secondary N) is 1. The average Bonchev–Trinajstić information content (AvgIpc) is 2.82. The Morgan fingerprint density at radius 2 is 2.41 bits per heavy atom. The van der Waals surface area contributed by atoms with Crippen LogP contribution >= 0.6 is 0 Å². The van der Waals surface area contributed by atoms with E-state index in [1.54, 1.807) is 19.1 Å². The van der Waals surface area contributed by atoms with Gasteiger partial charge in [0.2, 0.25) is 0 Å². The van der Waals surface area contributed by atoms with Crippen molar-refractivity contribution in [2.24, 2.45) is 0 Å². The van der Waals surface area contributed by atoms with Gasteiger partial charge in [-0.05, 0) is 38.1 Å². The molecule has 0 aromatic heterocycles. The Labute approximate surface area is 101 Å². The fraction of sp³-hybridized carbons (Fsp3) is 0.462. The minimum absolute atomic E-state index is 0.201. The lowest BCUT2D eigenvalue weighted by atomic mass is 10.2. The highest BCUT2D eigenvalue weighted by molar-refractivity contribution is 5.89. The van der Waals surface area contributed by atoms with Gasteiger partial charge in [0.05, 0.1) is 12.2 Å². The van der Waals surface area contributed by atoms with E-state index in [0.717, 1.165) is 25.3 Å². The maximum absolute atomic E-state index is 11.5. The topological polar surface area (TPSA) is 47.6 Å². The number of hydrogen-bond acceptors (Lipinski definition) is 4. The van der Waals surface area contributed by atoms with E-state index in [4.69, 9.17) is 9.47 Å². The predicted molar refractivity (Wildman–Crippen MR) is 64.3 cm³/mol. The maximum atomic E-state index is 11.5. The second kappa shape index (κ2) is 5.68. The first-order valence-corrected chi connectivity index (χ1v) is 5.94. The van der Waals surface area contributed by atoms with Crippen molar-refractivity contribution < 1.29 is 14.3 Å². The standard InChI is InChI=1S/C13H17NO3/c1-2-16-13(15)10-4-3-5-11(8-10)17-12-6-7-14-9-12/h3-5,8,12,14H,2,6-7,9H2,1H3. The van der Waals surface area contributed by atoms with E-state index in [-0.39, 0.29) is 12.1 Å². The molecule has 1 aliphatic rings. The molecule has 1 fully saturated rings. The minimum Gasteiger partial charge on any atom is -0.489 e. The first-order valence-electron chi connectivity index (χ1n) is 5.94. The fourth-order valence-corrected chi connectivity index (χ4v) is 1.83. The zero-order valence-corrected chi connectivity index (χ0v) is 9.94. The van der Waals surface area contributed by atoms with Gasteiger partial charge in [0.15, 0.2) is 0 Å². The quantitative estimate of drug-likeness (QED) is 0.805. The van der Waals surface area contributed by atoms with Crippen LogP contribution in [0, 0.1) is 0 Å². The number of benzene rings is 1. The van der Waals surface area contributed by atoms with E-state index in [9.17, 15) is 4.79 Å². The average molecular weight is 235 g/mol. The Hall–Kier alpha value is -1.55. The lowest BCUT2D eigenvalue weighted by Gasteiger charge is -2.12. The molecule has 1 N–H and O–H groups in total. The summed E-state index contributed by atoms with van der Waals surface area (Å²) in [7, 11) is 0. The molecule has 0 radical (unpaired) electrons. The summed E-state index contributed by atoms with van der Waals surface area (Å²) in [5, 5.41) is 3.23. The molecular weight excluding hydrogens is 218 g/mol. The van der Waals surface area contributed by atoms with Gasteiger partial charge in [-0.2, -0.15) is 0 Å². The molecule has 1 saturated heterocycles. The SMILES string of the molecule is CCOC(=O)c1cccc(OC2CCNC2)c1. The summed E-state index contributed by atoms with van der Waals surface area (Å²) in [5.74, 6) is 0.423. The van der Waals surface area contributed by atoms with E-state index < -0.39 is 0 Å². The molecule has 1 heterocycles. The van der Waals surface area contributed by atoms with Crippen molar-refractivity contribution in [1.82, 2.24) is 5.32 Å². The number of carbonyl (C=O) groups is 1. The number of rotatable bonds is 4. The lowest BCUT2D eigenvalue weighted by molar-refractivity contribution is 0.0525. The van der Waals surface area contributed by atoms with Crippen LogP contribution in [0.3, 0.4) is 0 Å². The summed E-state index contributed by atoms with van der Waals surface area (Å²) in [4.78, 5) is 11.5. The normalized spacial score (nSPS) is 19.0. The summed E-state index contributed by atoms with van der Waals surface area (Å²) < 4.78 is 10.7. The van der Waals surface area contributed by atoms with Crippen molar-refractivity contribution in [2.75, 3.05) is 19.7 Å². The van der Waals surface area contributed by atoms with Crippen molar-refractivity contribution in [3.05, 3.63) is 29.8 Å². The van der Waals surface area contributed by atoms with Gasteiger partial charge in [-0.25, -0.2) is 4.79 Å². The van der Waals surface area contributed by atoms with Gasteiger partial charge < -0.3 is 14.8 Å². The van der Waals surface area contributed by atoms with Crippen molar-refractivity contribution in [1.29, 1.82) is 0 Å². The van der Waals surface area contributed by atoms with Crippen LogP contribution in [0.2, 0.25) is 0 Å². The van der Waals surface area contributed by atoms with Crippen LogP contribution in [0.5, 0.6) is 5.75 Å². The highest BCUT2D eigenvalue weighted by atomic mass is 16.5. The maximum Gasteiger partial charge on any atom is 0.338 e. The van der Waals surface area contributed by atoms with Crippen LogP contribution in [0.4, 0.5) is 0 Å². The Morgan fingerprint density at radius 1 is 1.53 bits per heavy atom. The number of esters is 1. The molecule has 0 amide bonds. The zero-order chi connectivity index (χ0) is 12.1. The molecule has 1 aromatic carbocycles. The van der Waals surface area contributed by atoms with Crippen LogP contribution in [-0.4, -0.2) is 31.8 Å². The van der Waals surface area contributed by atoms with Crippen molar-refractivity contribution >= 4 is 5.97 Å². The van der Waals surface area contributed by atoms with Crippen molar-refractivity contribution in [3.63, 3.8) is 0 Å². The molecule has 0 saturated carbocycles. The molecule has 1 aliphatic heterocycles. The highest BCUT2D eigenvalue weighted by Gasteiger charge is 2.16. The number of hydrogen-bond donors (Lipinski definition) is 1. The fourth-order valence-electron chi connectivity index (χ4n) is 1.83. The monoisotopic (exact) mass is 235 g/mol. The van der Waals surface area contributed by atoms with Gasteiger partial charge in [0.25, 0.3) is 0 Å². The molecule has 2 rings (SSSR count). The van der Waals surface area contributed by atoms with Crippen molar-refractivity contribution in [2.45, 2.75) is 19.4 Å². The van der Waals surface area contributed by atoms with E-state index >= 15 is 0 Å². The molecule has 4 nitrogen and oxygen atoms in total. The molecule has 1 aromatic rings. The lowest BCUT2D eigenvalue weighted by Crippen LogP contribution is -2.19. The smallest absolute Gasteiger partial charge is 0.338 e. The van der Waals surface area contributed by atoms with Gasteiger partial charge in [-0.15, -0.1) is 0 Å².